The van der Waals surface area contributed by atoms with Crippen LogP contribution in [0, 0.1) is 0 Å². The Morgan fingerprint density at radius 3 is 0.800 bits per heavy atom. The van der Waals surface area contributed by atoms with E-state index in [-0.39, 0.29) is 31.1 Å². The van der Waals surface area contributed by atoms with Gasteiger partial charge in [0.25, 0.3) is 0 Å². The van der Waals surface area contributed by atoms with Crippen molar-refractivity contribution in [3.63, 3.8) is 0 Å². The van der Waals surface area contributed by atoms with Gasteiger partial charge in [-0.2, -0.15) is 0 Å². The van der Waals surface area contributed by atoms with E-state index in [1.807, 2.05) is 0 Å². The first kappa shape index (κ1) is 72.1. The summed E-state index contributed by atoms with van der Waals surface area (Å²) >= 11 is 0. The fraction of sp³-hybridized carbons (Fsp3) is 0.812. The Hall–Kier alpha value is -2.89. The number of rotatable bonds is 60. The van der Waals surface area contributed by atoms with E-state index < -0.39 is 6.10 Å². The van der Waals surface area contributed by atoms with Gasteiger partial charge in [0.15, 0.2) is 6.10 Å². The highest BCUT2D eigenvalue weighted by Crippen LogP contribution is 2.17. The number of esters is 3. The van der Waals surface area contributed by atoms with Crippen LogP contribution in [0.25, 0.3) is 0 Å². The number of hydrogen-bond acceptors (Lipinski definition) is 6. The normalized spacial score (nSPS) is 12.4. The molecule has 0 aliphatic rings. The van der Waals surface area contributed by atoms with E-state index in [2.05, 4.69) is 81.5 Å². The minimum Gasteiger partial charge on any atom is -0.462 e. The predicted octanol–water partition coefficient (Wildman–Crippen LogP) is 22.3. The topological polar surface area (TPSA) is 78.9 Å². The Bertz CT molecular complexity index is 1340. The molecule has 0 aliphatic carbocycles. The van der Waals surface area contributed by atoms with Gasteiger partial charge < -0.3 is 14.2 Å². The molecule has 0 saturated carbocycles. The smallest absolute Gasteiger partial charge is 0.306 e. The van der Waals surface area contributed by atoms with Gasteiger partial charge in [-0.25, -0.2) is 0 Å². The highest BCUT2D eigenvalue weighted by atomic mass is 16.6. The van der Waals surface area contributed by atoms with Gasteiger partial charge in [0.1, 0.15) is 13.2 Å². The summed E-state index contributed by atoms with van der Waals surface area (Å²) in [5, 5.41) is 0. The van der Waals surface area contributed by atoms with Crippen LogP contribution in [-0.2, 0) is 28.6 Å². The highest BCUT2D eigenvalue weighted by molar-refractivity contribution is 5.71. The Labute approximate surface area is 466 Å². The summed E-state index contributed by atoms with van der Waals surface area (Å²) in [6.07, 6.45) is 80.9. The molecule has 0 rings (SSSR count). The molecule has 0 saturated heterocycles. The van der Waals surface area contributed by atoms with E-state index in [9.17, 15) is 14.4 Å². The Morgan fingerprint density at radius 2 is 0.507 bits per heavy atom. The maximum absolute atomic E-state index is 12.9. The van der Waals surface area contributed by atoms with Crippen molar-refractivity contribution in [1.82, 2.24) is 0 Å². The summed E-state index contributed by atoms with van der Waals surface area (Å²) in [7, 11) is 0. The lowest BCUT2D eigenvalue weighted by Crippen LogP contribution is -2.30. The SMILES string of the molecule is CCC/C=C\C/C=C\CCCCCCCC(=O)OCC(COC(=O)CCCCCCCCCCCCC/C=C\C/C=C\CCCCCCC)OC(=O)CCCCCCCCCCC/C=C\CCCCCCCCCC. The standard InChI is InChI=1S/C69H124O6/c1-4-7-10-13-16-19-22-25-27-29-31-33-34-36-37-39-41-44-47-50-53-56-59-62-68(71)74-65-66(64-73-67(70)61-58-55-52-49-46-43-24-21-18-15-12-9-6-3)75-69(72)63-60-57-54-51-48-45-42-40-38-35-32-30-28-26-23-20-17-14-11-8-5-2/h12,15,21-22,24-25,29-32,66H,4-11,13-14,16-20,23,26-28,33-65H2,1-3H3/b15-12-,24-21-,25-22-,31-29-,32-30-. The molecule has 75 heavy (non-hydrogen) atoms. The van der Waals surface area contributed by atoms with Crippen LogP contribution in [0.15, 0.2) is 60.8 Å². The van der Waals surface area contributed by atoms with Gasteiger partial charge in [0.2, 0.25) is 0 Å². The maximum atomic E-state index is 12.9. The van der Waals surface area contributed by atoms with Crippen LogP contribution in [0.1, 0.15) is 342 Å². The van der Waals surface area contributed by atoms with Crippen LogP contribution in [0.4, 0.5) is 0 Å². The van der Waals surface area contributed by atoms with Crippen LogP contribution in [0.5, 0.6) is 0 Å². The third-order valence-corrected chi connectivity index (χ3v) is 14.4. The first-order valence-corrected chi connectivity index (χ1v) is 32.8. The van der Waals surface area contributed by atoms with E-state index in [4.69, 9.17) is 14.2 Å². The number of carbonyl (C=O) groups excluding carboxylic acids is 3. The molecule has 6 nitrogen and oxygen atoms in total. The summed E-state index contributed by atoms with van der Waals surface area (Å²) in [4.78, 5) is 38.3. The Morgan fingerprint density at radius 1 is 0.267 bits per heavy atom. The molecule has 0 aliphatic heterocycles. The number of ether oxygens (including phenoxy) is 3. The summed E-state index contributed by atoms with van der Waals surface area (Å²) in [6.45, 7) is 6.59. The summed E-state index contributed by atoms with van der Waals surface area (Å²) in [5.41, 5.74) is 0. The van der Waals surface area contributed by atoms with Gasteiger partial charge in [-0.05, 0) is 103 Å². The second kappa shape index (κ2) is 63.6. The molecule has 0 bridgehead atoms. The van der Waals surface area contributed by atoms with Crippen molar-refractivity contribution in [2.75, 3.05) is 13.2 Å². The van der Waals surface area contributed by atoms with E-state index >= 15 is 0 Å². The van der Waals surface area contributed by atoms with Crippen molar-refractivity contribution in [1.29, 1.82) is 0 Å². The van der Waals surface area contributed by atoms with Crippen molar-refractivity contribution in [3.05, 3.63) is 60.8 Å². The lowest BCUT2D eigenvalue weighted by atomic mass is 10.0. The van der Waals surface area contributed by atoms with Gasteiger partial charge in [0, 0.05) is 19.3 Å². The molecule has 0 N–H and O–H groups in total. The summed E-state index contributed by atoms with van der Waals surface area (Å²) < 4.78 is 16.9. The van der Waals surface area contributed by atoms with E-state index in [0.29, 0.717) is 19.3 Å². The lowest BCUT2D eigenvalue weighted by molar-refractivity contribution is -0.167. The number of unbranched alkanes of at least 4 members (excludes halogenated alkanes) is 39. The molecule has 0 spiro atoms. The van der Waals surface area contributed by atoms with Crippen molar-refractivity contribution >= 4 is 17.9 Å². The maximum Gasteiger partial charge on any atom is 0.306 e. The van der Waals surface area contributed by atoms with Gasteiger partial charge in [-0.3, -0.25) is 14.4 Å². The largest absolute Gasteiger partial charge is 0.462 e. The van der Waals surface area contributed by atoms with Crippen LogP contribution in [-0.4, -0.2) is 37.2 Å². The zero-order valence-electron chi connectivity index (χ0n) is 50.1. The number of allylic oxidation sites excluding steroid dienone is 10. The molecule has 0 heterocycles. The molecule has 0 radical (unpaired) electrons. The second-order valence-electron chi connectivity index (χ2n) is 22.0. The van der Waals surface area contributed by atoms with Gasteiger partial charge in [0.05, 0.1) is 0 Å². The zero-order chi connectivity index (χ0) is 54.3. The van der Waals surface area contributed by atoms with Crippen LogP contribution in [0.3, 0.4) is 0 Å². The van der Waals surface area contributed by atoms with Crippen LogP contribution >= 0.6 is 0 Å². The average molecular weight is 1050 g/mol. The minimum atomic E-state index is -0.783. The van der Waals surface area contributed by atoms with Crippen molar-refractivity contribution < 1.29 is 28.6 Å². The first-order chi connectivity index (χ1) is 37.0. The molecule has 436 valence electrons. The fourth-order valence-electron chi connectivity index (χ4n) is 9.51. The third-order valence-electron chi connectivity index (χ3n) is 14.4. The molecular weight excluding hydrogens is 925 g/mol. The molecule has 0 aromatic heterocycles. The van der Waals surface area contributed by atoms with Crippen molar-refractivity contribution in [3.8, 4) is 0 Å². The average Bonchev–Trinajstić information content (AvgIpc) is 3.41. The highest BCUT2D eigenvalue weighted by Gasteiger charge is 2.19. The van der Waals surface area contributed by atoms with E-state index in [1.54, 1.807) is 0 Å². The molecule has 6 heteroatoms. The molecule has 1 atom stereocenters. The quantitative estimate of drug-likeness (QED) is 0.0261. The van der Waals surface area contributed by atoms with E-state index in [1.165, 1.54) is 212 Å². The Kier molecular flexibility index (Phi) is 61.2. The first-order valence-electron chi connectivity index (χ1n) is 32.8. The minimum absolute atomic E-state index is 0.0788. The summed E-state index contributed by atoms with van der Waals surface area (Å²) in [6, 6.07) is 0. The molecule has 0 amide bonds. The van der Waals surface area contributed by atoms with Crippen molar-refractivity contribution in [2.45, 2.75) is 348 Å². The number of carbonyl (C=O) groups is 3. The van der Waals surface area contributed by atoms with Gasteiger partial charge >= 0.3 is 17.9 Å². The summed E-state index contributed by atoms with van der Waals surface area (Å²) in [5.74, 6) is -0.880. The zero-order valence-corrected chi connectivity index (χ0v) is 50.1. The Balaban J connectivity index is 4.30. The van der Waals surface area contributed by atoms with Gasteiger partial charge in [-0.15, -0.1) is 0 Å². The lowest BCUT2D eigenvalue weighted by Gasteiger charge is -2.18. The van der Waals surface area contributed by atoms with Crippen LogP contribution in [0.2, 0.25) is 0 Å². The molecule has 0 fully saturated rings. The van der Waals surface area contributed by atoms with Gasteiger partial charge in [-0.1, -0.05) is 281 Å². The fourth-order valence-corrected chi connectivity index (χ4v) is 9.51. The second-order valence-corrected chi connectivity index (χ2v) is 22.0. The van der Waals surface area contributed by atoms with E-state index in [0.717, 1.165) is 89.9 Å². The van der Waals surface area contributed by atoms with Crippen LogP contribution < -0.4 is 0 Å². The molecule has 0 aromatic rings. The molecular formula is C69H124O6. The molecule has 0 aromatic carbocycles. The number of hydrogen-bond donors (Lipinski definition) is 0. The molecule has 1 unspecified atom stereocenters. The predicted molar refractivity (Wildman–Crippen MR) is 325 cm³/mol. The van der Waals surface area contributed by atoms with Crippen molar-refractivity contribution in [2.24, 2.45) is 0 Å². The monoisotopic (exact) mass is 1050 g/mol. The third kappa shape index (κ3) is 61.8.